The van der Waals surface area contributed by atoms with Gasteiger partial charge in [-0.3, -0.25) is 9.69 Å². The number of fused-ring (bicyclic) bond motifs is 1. The van der Waals surface area contributed by atoms with Crippen LogP contribution in [0.25, 0.3) is 16.3 Å². The van der Waals surface area contributed by atoms with Crippen LogP contribution < -0.4 is 5.32 Å². The minimum absolute atomic E-state index is 0.0983. The van der Waals surface area contributed by atoms with Crippen LogP contribution in [0, 0.1) is 0 Å². The maximum absolute atomic E-state index is 12.5. The highest BCUT2D eigenvalue weighted by molar-refractivity contribution is 7.16. The maximum atomic E-state index is 12.5. The molecule has 1 aromatic heterocycles. The topological polar surface area (TPSA) is 66.8 Å². The van der Waals surface area contributed by atoms with Crippen LogP contribution in [0.5, 0.6) is 0 Å². The summed E-state index contributed by atoms with van der Waals surface area (Å²) in [5, 5.41) is 3.38. The van der Waals surface area contributed by atoms with E-state index in [1.807, 2.05) is 29.8 Å². The Morgan fingerprint density at radius 1 is 1.40 bits per heavy atom. The molecule has 0 saturated heterocycles. The fourth-order valence-corrected chi connectivity index (χ4v) is 4.11. The van der Waals surface area contributed by atoms with E-state index in [1.165, 1.54) is 0 Å². The summed E-state index contributed by atoms with van der Waals surface area (Å²) in [4.78, 5) is 22.9. The van der Waals surface area contributed by atoms with Crippen molar-refractivity contribution >= 4 is 39.5 Å². The van der Waals surface area contributed by atoms with Gasteiger partial charge in [0.15, 0.2) is 0 Å². The fraction of sp³-hybridized carbons (Fsp3) is 0.389. The third kappa shape index (κ3) is 3.05. The largest absolute Gasteiger partial charge is 0.379 e. The molecular weight excluding hydrogens is 336 g/mol. The van der Waals surface area contributed by atoms with Gasteiger partial charge >= 0.3 is 0 Å². The number of aromatic nitrogens is 1. The van der Waals surface area contributed by atoms with Crippen molar-refractivity contribution in [3.63, 3.8) is 0 Å². The van der Waals surface area contributed by atoms with Crippen molar-refractivity contribution in [3.8, 4) is 0 Å². The van der Waals surface area contributed by atoms with Gasteiger partial charge in [0.1, 0.15) is 5.70 Å². The summed E-state index contributed by atoms with van der Waals surface area (Å²) in [5.74, 6) is 0.503. The van der Waals surface area contributed by atoms with Gasteiger partial charge in [0.2, 0.25) is 5.96 Å². The molecule has 0 unspecified atom stereocenters. The highest BCUT2D eigenvalue weighted by Crippen LogP contribution is 2.25. The molecule has 0 bridgehead atoms. The number of hydrogen-bond donors (Lipinski definition) is 1. The quantitative estimate of drug-likeness (QED) is 0.859. The molecule has 130 valence electrons. The highest BCUT2D eigenvalue weighted by Gasteiger charge is 2.33. The van der Waals surface area contributed by atoms with Crippen LogP contribution in [0.4, 0.5) is 0 Å². The zero-order valence-corrected chi connectivity index (χ0v) is 15.0. The number of methoxy groups -OCH3 is 1. The molecule has 6 nitrogen and oxygen atoms in total. The predicted molar refractivity (Wildman–Crippen MR) is 99.4 cm³/mol. The van der Waals surface area contributed by atoms with Crippen LogP contribution in [-0.2, 0) is 9.53 Å². The monoisotopic (exact) mass is 356 g/mol. The van der Waals surface area contributed by atoms with Gasteiger partial charge < -0.3 is 10.1 Å². The third-order valence-corrected chi connectivity index (χ3v) is 5.59. The average molecular weight is 356 g/mol. The molecule has 1 fully saturated rings. The van der Waals surface area contributed by atoms with Gasteiger partial charge in [-0.15, -0.1) is 11.3 Å². The second kappa shape index (κ2) is 6.57. The molecule has 2 heterocycles. The number of nitrogens with zero attached hydrogens (tertiary/aromatic N) is 3. The number of nitrogens with one attached hydrogen (secondary N) is 1. The number of carbonyl (C=O) groups is 1. The van der Waals surface area contributed by atoms with E-state index >= 15 is 0 Å². The van der Waals surface area contributed by atoms with Crippen LogP contribution in [0.3, 0.4) is 0 Å². The van der Waals surface area contributed by atoms with E-state index < -0.39 is 0 Å². The van der Waals surface area contributed by atoms with Gasteiger partial charge in [0.05, 0.1) is 27.9 Å². The molecule has 25 heavy (non-hydrogen) atoms. The van der Waals surface area contributed by atoms with Gasteiger partial charge in [0.25, 0.3) is 5.91 Å². The Balaban J connectivity index is 1.58. The number of hydrogen-bond acceptors (Lipinski definition) is 6. The molecule has 1 aliphatic heterocycles. The highest BCUT2D eigenvalue weighted by atomic mass is 32.1. The summed E-state index contributed by atoms with van der Waals surface area (Å²) in [6.07, 6.45) is 5.19. The summed E-state index contributed by atoms with van der Waals surface area (Å²) in [6, 6.07) is 6.16. The van der Waals surface area contributed by atoms with E-state index in [2.05, 4.69) is 15.3 Å². The Morgan fingerprint density at radius 3 is 3.12 bits per heavy atom. The van der Waals surface area contributed by atoms with Crippen molar-refractivity contribution in [2.45, 2.75) is 31.4 Å². The molecule has 2 aliphatic rings. The standard InChI is InChI=1S/C18H20N4O2S/c1-22-17(23)14(8-11-6-7-13-16(9-11)25-10-19-13)21-18(22)20-12-4-3-5-15(12)24-2/h6-10,12,15H,3-5H2,1-2H3,(H,20,21)/b14-8-/t12-,15-/m0/s1. The summed E-state index contributed by atoms with van der Waals surface area (Å²) in [6.45, 7) is 0. The van der Waals surface area contributed by atoms with Crippen LogP contribution in [0.2, 0.25) is 0 Å². The van der Waals surface area contributed by atoms with E-state index in [4.69, 9.17) is 4.74 Å². The van der Waals surface area contributed by atoms with Crippen molar-refractivity contribution in [3.05, 3.63) is 35.0 Å². The van der Waals surface area contributed by atoms with E-state index in [-0.39, 0.29) is 18.1 Å². The molecule has 1 aliphatic carbocycles. The number of benzene rings is 1. The molecule has 0 radical (unpaired) electrons. The summed E-state index contributed by atoms with van der Waals surface area (Å²) < 4.78 is 6.61. The van der Waals surface area contributed by atoms with Gasteiger partial charge in [-0.25, -0.2) is 9.98 Å². The minimum Gasteiger partial charge on any atom is -0.379 e. The number of rotatable bonds is 3. The van der Waals surface area contributed by atoms with Crippen molar-refractivity contribution in [2.24, 2.45) is 4.99 Å². The van der Waals surface area contributed by atoms with Gasteiger partial charge in [0, 0.05) is 14.2 Å². The fourth-order valence-electron chi connectivity index (χ4n) is 3.39. The van der Waals surface area contributed by atoms with Gasteiger partial charge in [-0.2, -0.15) is 0 Å². The molecule has 1 saturated carbocycles. The lowest BCUT2D eigenvalue weighted by Crippen LogP contribution is -2.46. The zero-order valence-electron chi connectivity index (χ0n) is 14.2. The minimum atomic E-state index is -0.0983. The van der Waals surface area contributed by atoms with E-state index in [9.17, 15) is 4.79 Å². The summed E-state index contributed by atoms with van der Waals surface area (Å²) >= 11 is 1.59. The Morgan fingerprint density at radius 2 is 2.28 bits per heavy atom. The number of likely N-dealkylation sites (N-methyl/N-ethyl adjacent to an activating group) is 1. The smallest absolute Gasteiger partial charge is 0.279 e. The first-order valence-corrected chi connectivity index (χ1v) is 9.24. The number of carbonyl (C=O) groups excluding carboxylic acids is 1. The van der Waals surface area contributed by atoms with Crippen molar-refractivity contribution < 1.29 is 9.53 Å². The Hall–Kier alpha value is -2.25. The van der Waals surface area contributed by atoms with Gasteiger partial charge in [-0.05, 0) is 43.0 Å². The van der Waals surface area contributed by atoms with E-state index in [0.29, 0.717) is 11.7 Å². The molecule has 4 rings (SSSR count). The summed E-state index contributed by atoms with van der Waals surface area (Å²) in [5.41, 5.74) is 4.19. The number of amides is 1. The molecule has 0 spiro atoms. The van der Waals surface area contributed by atoms with E-state index in [1.54, 1.807) is 30.4 Å². The van der Waals surface area contributed by atoms with Crippen LogP contribution in [0.15, 0.2) is 34.4 Å². The number of ether oxygens (including phenoxy) is 1. The SMILES string of the molecule is CO[C@H]1CCC[C@@H]1NC1=N/C(=C\c2ccc3ncsc3c2)C(=O)N1C. The lowest BCUT2D eigenvalue weighted by atomic mass is 10.2. The molecule has 7 heteroatoms. The lowest BCUT2D eigenvalue weighted by Gasteiger charge is -2.22. The van der Waals surface area contributed by atoms with E-state index in [0.717, 1.165) is 35.0 Å². The lowest BCUT2D eigenvalue weighted by molar-refractivity contribution is -0.121. The number of thiazole rings is 1. The Kier molecular flexibility index (Phi) is 4.27. The average Bonchev–Trinajstić information content (AvgIpc) is 3.32. The predicted octanol–water partition coefficient (Wildman–Crippen LogP) is 2.62. The first kappa shape index (κ1) is 16.2. The van der Waals surface area contributed by atoms with Crippen molar-refractivity contribution in [1.82, 2.24) is 15.2 Å². The zero-order chi connectivity index (χ0) is 17.4. The molecular formula is C18H20N4O2S. The first-order valence-electron chi connectivity index (χ1n) is 8.37. The molecule has 2 aromatic rings. The normalized spacial score (nSPS) is 25.2. The molecule has 1 amide bonds. The van der Waals surface area contributed by atoms with Crippen molar-refractivity contribution in [2.75, 3.05) is 14.2 Å². The first-order chi connectivity index (χ1) is 12.2. The van der Waals surface area contributed by atoms with Crippen LogP contribution in [0.1, 0.15) is 24.8 Å². The second-order valence-electron chi connectivity index (χ2n) is 6.36. The Bertz CT molecular complexity index is 873. The Labute approximate surface area is 150 Å². The molecule has 1 aromatic carbocycles. The second-order valence-corrected chi connectivity index (χ2v) is 7.25. The maximum Gasteiger partial charge on any atom is 0.279 e. The van der Waals surface area contributed by atoms with Crippen LogP contribution in [-0.4, -0.2) is 48.1 Å². The van der Waals surface area contributed by atoms with Crippen LogP contribution >= 0.6 is 11.3 Å². The number of guanidine groups is 1. The third-order valence-electron chi connectivity index (χ3n) is 4.80. The summed E-state index contributed by atoms with van der Waals surface area (Å²) in [7, 11) is 3.48. The van der Waals surface area contributed by atoms with Gasteiger partial charge in [-0.1, -0.05) is 6.07 Å². The van der Waals surface area contributed by atoms with Crippen molar-refractivity contribution in [1.29, 1.82) is 0 Å². The number of aliphatic imine (C=N–C) groups is 1. The molecule has 1 N–H and O–H groups in total. The molecule has 2 atom stereocenters.